The van der Waals surface area contributed by atoms with E-state index in [0.717, 1.165) is 5.69 Å². The van der Waals surface area contributed by atoms with Crippen molar-refractivity contribution >= 4 is 23.4 Å². The second-order valence-electron chi connectivity index (χ2n) is 8.22. The molecule has 3 aromatic rings. The van der Waals surface area contributed by atoms with Crippen molar-refractivity contribution in [1.29, 1.82) is 0 Å². The predicted octanol–water partition coefficient (Wildman–Crippen LogP) is -1.09. The molecule has 0 amide bonds. The van der Waals surface area contributed by atoms with Gasteiger partial charge in [0.2, 0.25) is 5.88 Å². The van der Waals surface area contributed by atoms with Crippen LogP contribution in [0.15, 0.2) is 77.9 Å². The summed E-state index contributed by atoms with van der Waals surface area (Å²) in [4.78, 5) is 7.84. The number of rotatable bonds is 3. The van der Waals surface area contributed by atoms with E-state index in [2.05, 4.69) is 36.8 Å². The number of hydrogen-bond acceptors (Lipinski definition) is 7. The number of furan rings is 1. The second-order valence-corrected chi connectivity index (χ2v) is 14.8. The third-order valence-corrected chi connectivity index (χ3v) is 7.62. The van der Waals surface area contributed by atoms with Gasteiger partial charge in [-0.1, -0.05) is 43.9 Å². The van der Waals surface area contributed by atoms with Gasteiger partial charge in [-0.05, 0) is 24.3 Å². The Labute approximate surface area is 266 Å². The zero-order valence-corrected chi connectivity index (χ0v) is 28.0. The molecule has 0 saturated heterocycles. The normalized spacial score (nSPS) is 17.3. The van der Waals surface area contributed by atoms with Gasteiger partial charge in [-0.15, -0.1) is 0 Å². The molecular weight excluding hydrogens is 641 g/mol. The first kappa shape index (κ1) is 33.0. The van der Waals surface area contributed by atoms with Gasteiger partial charge in [0.1, 0.15) is 12.2 Å². The number of halogens is 4. The Morgan fingerprint density at radius 3 is 2.06 bits per heavy atom. The standard InChI is InChI=1S/C9H12F3NO3SSi.C9H7NO.C4H4O.Cs.FH/c1-18(2,3)7-5-4-6-13-8(7)16-17(14,15)9(10,11)12;1-2-6-7-3-4-8(11-7)9(6)10-5-1;1-2-4-5-3-1;;/h4-6H,1-3H3;1-5,7-8H;1-4H;;1H/q;;;+1;/p-1. The number of alkyl halides is 3. The van der Waals surface area contributed by atoms with E-state index < -0.39 is 29.6 Å². The summed E-state index contributed by atoms with van der Waals surface area (Å²) in [5.41, 5.74) is -3.12. The van der Waals surface area contributed by atoms with Gasteiger partial charge in [-0.25, -0.2) is 4.98 Å². The predicted molar refractivity (Wildman–Crippen MR) is 121 cm³/mol. The first-order chi connectivity index (χ1) is 15.9. The summed E-state index contributed by atoms with van der Waals surface area (Å²) in [6.07, 6.45) is 10.7. The quantitative estimate of drug-likeness (QED) is 0.116. The molecule has 2 atom stereocenters. The Balaban J connectivity index is 0.000000303. The van der Waals surface area contributed by atoms with Crippen LogP contribution in [0.25, 0.3) is 0 Å². The molecule has 3 aromatic heterocycles. The number of aromatic nitrogens is 2. The molecule has 0 saturated carbocycles. The molecule has 190 valence electrons. The summed E-state index contributed by atoms with van der Waals surface area (Å²) >= 11 is 0. The molecule has 0 spiro atoms. The van der Waals surface area contributed by atoms with Gasteiger partial charge >= 0.3 is 84.5 Å². The van der Waals surface area contributed by atoms with E-state index >= 15 is 0 Å². The van der Waals surface area contributed by atoms with Crippen molar-refractivity contribution in [2.45, 2.75) is 37.4 Å². The Morgan fingerprint density at radius 2 is 1.53 bits per heavy atom. The van der Waals surface area contributed by atoms with Crippen LogP contribution in [0, 0.1) is 0 Å². The van der Waals surface area contributed by atoms with Crippen molar-refractivity contribution in [3.63, 3.8) is 0 Å². The molecule has 2 unspecified atom stereocenters. The van der Waals surface area contributed by atoms with Gasteiger partial charge < -0.3 is 18.0 Å². The fraction of sp³-hybridized carbons (Fsp3) is 0.273. The largest absolute Gasteiger partial charge is 1.00 e. The fourth-order valence-corrected chi connectivity index (χ4v) is 4.96. The number of ether oxygens (including phenoxy) is 1. The Kier molecular flexibility index (Phi) is 12.6. The van der Waals surface area contributed by atoms with Gasteiger partial charge in [-0.3, -0.25) is 4.98 Å². The van der Waals surface area contributed by atoms with Gasteiger partial charge in [0.25, 0.3) is 0 Å². The maximum absolute atomic E-state index is 12.2. The average molecular weight is 664 g/mol. The molecule has 2 aliphatic heterocycles. The van der Waals surface area contributed by atoms with Crippen molar-refractivity contribution in [2.24, 2.45) is 0 Å². The topological polar surface area (TPSA) is 91.5 Å². The van der Waals surface area contributed by atoms with Gasteiger partial charge in [0.15, 0.2) is 0 Å². The van der Waals surface area contributed by atoms with E-state index in [0.29, 0.717) is 5.19 Å². The van der Waals surface area contributed by atoms with Crippen LogP contribution in [-0.4, -0.2) is 32.0 Å². The van der Waals surface area contributed by atoms with Crippen molar-refractivity contribution in [1.82, 2.24) is 9.97 Å². The van der Waals surface area contributed by atoms with Gasteiger partial charge in [0, 0.05) is 23.1 Å². The molecule has 2 bridgehead atoms. The first-order valence-corrected chi connectivity index (χ1v) is 15.0. The van der Waals surface area contributed by atoms with Crippen LogP contribution in [0.2, 0.25) is 19.6 Å². The molecule has 0 fully saturated rings. The molecule has 14 heteroatoms. The number of fused-ring (bicyclic) bond motifs is 5. The molecular formula is C22H23CsF4N2O5SSi. The smallest absolute Gasteiger partial charge is 1.00 e. The zero-order chi connectivity index (χ0) is 25.0. The Bertz CT molecular complexity index is 1190. The van der Waals surface area contributed by atoms with E-state index in [1.165, 1.54) is 23.9 Å². The number of nitrogens with zero attached hydrogens (tertiary/aromatic N) is 2. The van der Waals surface area contributed by atoms with Crippen LogP contribution in [0.1, 0.15) is 23.5 Å². The number of hydrogen-bond donors (Lipinski definition) is 0. The zero-order valence-electron chi connectivity index (χ0n) is 19.9. The number of pyridine rings is 2. The molecule has 0 N–H and O–H groups in total. The molecule has 0 aliphatic carbocycles. The summed E-state index contributed by atoms with van der Waals surface area (Å²) < 4.78 is 72.8. The molecule has 5 rings (SSSR count). The van der Waals surface area contributed by atoms with Crippen LogP contribution < -0.4 is 83.0 Å². The molecule has 5 heterocycles. The van der Waals surface area contributed by atoms with Crippen LogP contribution in [0.4, 0.5) is 13.2 Å². The second kappa shape index (κ2) is 13.7. The van der Waals surface area contributed by atoms with Gasteiger partial charge in [0.05, 0.1) is 26.3 Å². The molecule has 36 heavy (non-hydrogen) atoms. The van der Waals surface area contributed by atoms with E-state index in [-0.39, 0.29) is 85.8 Å². The maximum atomic E-state index is 12.2. The van der Waals surface area contributed by atoms with E-state index in [1.807, 2.05) is 44.0 Å². The average Bonchev–Trinajstić information content (AvgIpc) is 3.53. The third kappa shape index (κ3) is 8.52. The van der Waals surface area contributed by atoms with Crippen LogP contribution >= 0.6 is 0 Å². The minimum atomic E-state index is -5.67. The Hall–Kier alpha value is -0.981. The Morgan fingerprint density at radius 1 is 0.944 bits per heavy atom. The van der Waals surface area contributed by atoms with Crippen LogP contribution in [-0.2, 0) is 14.9 Å². The monoisotopic (exact) mass is 664 g/mol. The van der Waals surface area contributed by atoms with Crippen molar-refractivity contribution in [3.8, 4) is 5.88 Å². The van der Waals surface area contributed by atoms with E-state index in [1.54, 1.807) is 12.5 Å². The molecule has 0 aromatic carbocycles. The summed E-state index contributed by atoms with van der Waals surface area (Å²) in [5, 5.41) is 0.415. The minimum absolute atomic E-state index is 0. The first-order valence-electron chi connectivity index (χ1n) is 10.1. The van der Waals surface area contributed by atoms with Crippen LogP contribution in [0.5, 0.6) is 5.88 Å². The van der Waals surface area contributed by atoms with E-state index in [9.17, 15) is 21.6 Å². The molecule has 7 nitrogen and oxygen atoms in total. The van der Waals surface area contributed by atoms with Gasteiger partial charge in [-0.2, -0.15) is 21.6 Å². The summed E-state index contributed by atoms with van der Waals surface area (Å²) in [6.45, 7) is 5.53. The minimum Gasteiger partial charge on any atom is -1.00 e. The summed E-state index contributed by atoms with van der Waals surface area (Å²) in [7, 11) is -7.73. The van der Waals surface area contributed by atoms with E-state index in [4.69, 9.17) is 4.74 Å². The maximum Gasteiger partial charge on any atom is 1.00 e. The third-order valence-electron chi connectivity index (χ3n) is 4.68. The van der Waals surface area contributed by atoms with Crippen LogP contribution in [0.3, 0.4) is 0 Å². The summed E-state index contributed by atoms with van der Waals surface area (Å²) in [6, 6.07) is 10.8. The van der Waals surface area contributed by atoms with Crippen molar-refractivity contribution in [2.75, 3.05) is 0 Å². The van der Waals surface area contributed by atoms with Crippen molar-refractivity contribution in [3.05, 3.63) is 84.7 Å². The fourth-order valence-electron chi connectivity index (χ4n) is 3.10. The SMILES string of the molecule is C1=CC2OC1c1cccnc12.C[Si](C)(C)c1cccnc1OS(=O)(=O)C(F)(F)F.[Cs+].[F-].c1ccoc1. The molecule has 0 radical (unpaired) electrons. The molecule has 2 aliphatic rings. The summed E-state index contributed by atoms with van der Waals surface area (Å²) in [5.74, 6) is -0.492. The van der Waals surface area contributed by atoms with Crippen molar-refractivity contribution < 1.29 is 109 Å².